The van der Waals surface area contributed by atoms with Gasteiger partial charge in [0.05, 0.1) is 12.2 Å². The third-order valence-electron chi connectivity index (χ3n) is 5.53. The van der Waals surface area contributed by atoms with Crippen LogP contribution in [0.15, 0.2) is 0 Å². The average molecular weight is 296 g/mol. The Balaban J connectivity index is 1.62. The predicted octanol–water partition coefficient (Wildman–Crippen LogP) is 2.03. The van der Waals surface area contributed by atoms with Gasteiger partial charge in [0.15, 0.2) is 0 Å². The molecule has 0 radical (unpaired) electrons. The molecule has 0 aromatic rings. The Morgan fingerprint density at radius 3 is 2.86 bits per heavy atom. The van der Waals surface area contributed by atoms with Crippen molar-refractivity contribution in [3.8, 4) is 0 Å². The molecule has 0 aromatic carbocycles. The fraction of sp³-hybridized carbons (Fsp3) is 1.00. The van der Waals surface area contributed by atoms with E-state index in [1.807, 2.05) is 0 Å². The lowest BCUT2D eigenvalue weighted by atomic mass is 9.87. The monoisotopic (exact) mass is 296 g/mol. The number of nitrogens with one attached hydrogen (secondary N) is 1. The smallest absolute Gasteiger partial charge is 0.0951 e. The van der Waals surface area contributed by atoms with E-state index in [4.69, 9.17) is 9.47 Å². The number of hydrogen-bond acceptors (Lipinski definition) is 4. The van der Waals surface area contributed by atoms with Gasteiger partial charge in [-0.1, -0.05) is 0 Å². The lowest BCUT2D eigenvalue weighted by molar-refractivity contribution is -0.111. The third kappa shape index (κ3) is 3.79. The van der Waals surface area contributed by atoms with Crippen molar-refractivity contribution < 1.29 is 9.47 Å². The summed E-state index contributed by atoms with van der Waals surface area (Å²) in [7, 11) is 0. The van der Waals surface area contributed by atoms with Crippen molar-refractivity contribution in [1.82, 2.24) is 10.2 Å². The van der Waals surface area contributed by atoms with E-state index in [0.717, 1.165) is 38.6 Å². The molecule has 3 fully saturated rings. The summed E-state index contributed by atoms with van der Waals surface area (Å²) in [6.45, 7) is 10.9. The molecule has 1 spiro atoms. The molecule has 3 heterocycles. The predicted molar refractivity (Wildman–Crippen MR) is 84.6 cm³/mol. The topological polar surface area (TPSA) is 33.7 Å². The highest BCUT2D eigenvalue weighted by Gasteiger charge is 2.43. The largest absolute Gasteiger partial charge is 0.378 e. The maximum absolute atomic E-state index is 6.11. The molecule has 1 N–H and O–H groups in total. The number of nitrogens with zero attached hydrogens (tertiary/aromatic N) is 1. The molecule has 4 heteroatoms. The molecule has 0 amide bonds. The van der Waals surface area contributed by atoms with Crippen LogP contribution in [-0.2, 0) is 9.47 Å². The van der Waals surface area contributed by atoms with E-state index in [9.17, 15) is 0 Å². The summed E-state index contributed by atoms with van der Waals surface area (Å²) in [5.41, 5.74) is 0.0286. The first kappa shape index (κ1) is 15.7. The van der Waals surface area contributed by atoms with Crippen LogP contribution in [0.25, 0.3) is 0 Å². The van der Waals surface area contributed by atoms with Gasteiger partial charge < -0.3 is 14.8 Å². The van der Waals surface area contributed by atoms with Gasteiger partial charge in [0, 0.05) is 38.3 Å². The zero-order valence-electron chi connectivity index (χ0n) is 13.8. The Bertz CT molecular complexity index is 323. The lowest BCUT2D eigenvalue weighted by Crippen LogP contribution is -2.53. The van der Waals surface area contributed by atoms with Crippen molar-refractivity contribution in [1.29, 1.82) is 0 Å². The summed E-state index contributed by atoms with van der Waals surface area (Å²) in [6.07, 6.45) is 6.14. The van der Waals surface area contributed by atoms with Crippen molar-refractivity contribution in [3.05, 3.63) is 0 Å². The maximum Gasteiger partial charge on any atom is 0.0951 e. The summed E-state index contributed by atoms with van der Waals surface area (Å²) < 4.78 is 11.7. The zero-order chi connectivity index (χ0) is 14.7. The van der Waals surface area contributed by atoms with E-state index in [-0.39, 0.29) is 5.60 Å². The average Bonchev–Trinajstić information content (AvgIpc) is 2.93. The van der Waals surface area contributed by atoms with Gasteiger partial charge in [-0.3, -0.25) is 4.90 Å². The molecule has 4 nitrogen and oxygen atoms in total. The normalized spacial score (nSPS) is 37.7. The van der Waals surface area contributed by atoms with Crippen LogP contribution >= 0.6 is 0 Å². The summed E-state index contributed by atoms with van der Waals surface area (Å²) in [5.74, 6) is 0.819. The molecule has 3 saturated heterocycles. The number of piperidine rings is 1. The standard InChI is InChI=1S/C17H32N2O2/c1-14(2)19(12-15-4-3-7-18-11-15)16-5-8-21-17(10-16)6-9-20-13-17/h14-16,18H,3-13H2,1-2H3. The van der Waals surface area contributed by atoms with Crippen LogP contribution in [0.4, 0.5) is 0 Å². The third-order valence-corrected chi connectivity index (χ3v) is 5.53. The first-order valence-corrected chi connectivity index (χ1v) is 8.87. The molecular formula is C17H32N2O2. The summed E-state index contributed by atoms with van der Waals surface area (Å²) in [6, 6.07) is 1.29. The summed E-state index contributed by atoms with van der Waals surface area (Å²) >= 11 is 0. The molecule has 0 aromatic heterocycles. The molecule has 3 aliphatic heterocycles. The van der Waals surface area contributed by atoms with Crippen LogP contribution in [0.2, 0.25) is 0 Å². The fourth-order valence-corrected chi connectivity index (χ4v) is 4.31. The lowest BCUT2D eigenvalue weighted by Gasteiger charge is -2.45. The van der Waals surface area contributed by atoms with Gasteiger partial charge in [0.25, 0.3) is 0 Å². The molecule has 21 heavy (non-hydrogen) atoms. The minimum absolute atomic E-state index is 0.0286. The van der Waals surface area contributed by atoms with Crippen LogP contribution in [0.5, 0.6) is 0 Å². The minimum atomic E-state index is 0.0286. The molecule has 0 saturated carbocycles. The maximum atomic E-state index is 6.11. The van der Waals surface area contributed by atoms with Crippen molar-refractivity contribution >= 4 is 0 Å². The van der Waals surface area contributed by atoms with Crippen molar-refractivity contribution in [2.45, 2.75) is 63.6 Å². The van der Waals surface area contributed by atoms with Crippen molar-refractivity contribution in [3.63, 3.8) is 0 Å². The van der Waals surface area contributed by atoms with Gasteiger partial charge in [0.1, 0.15) is 0 Å². The SMILES string of the molecule is CC(C)N(CC1CCCNC1)C1CCOC2(CCOC2)C1. The van der Waals surface area contributed by atoms with E-state index < -0.39 is 0 Å². The highest BCUT2D eigenvalue weighted by molar-refractivity contribution is 4.94. The van der Waals surface area contributed by atoms with E-state index in [1.165, 1.54) is 38.9 Å². The van der Waals surface area contributed by atoms with Gasteiger partial charge >= 0.3 is 0 Å². The van der Waals surface area contributed by atoms with Crippen LogP contribution in [0.3, 0.4) is 0 Å². The summed E-state index contributed by atoms with van der Waals surface area (Å²) in [5, 5.41) is 3.56. The van der Waals surface area contributed by atoms with Crippen molar-refractivity contribution in [2.75, 3.05) is 39.5 Å². The second-order valence-electron chi connectivity index (χ2n) is 7.48. The molecule has 3 atom stereocenters. The Labute approximate surface area is 129 Å². The highest BCUT2D eigenvalue weighted by atomic mass is 16.6. The van der Waals surface area contributed by atoms with Crippen LogP contribution < -0.4 is 5.32 Å². The van der Waals surface area contributed by atoms with E-state index in [2.05, 4.69) is 24.1 Å². The molecule has 0 aliphatic carbocycles. The van der Waals surface area contributed by atoms with E-state index >= 15 is 0 Å². The molecule has 3 aliphatic rings. The Hall–Kier alpha value is -0.160. The zero-order valence-corrected chi connectivity index (χ0v) is 13.8. The molecule has 3 unspecified atom stereocenters. The van der Waals surface area contributed by atoms with Gasteiger partial charge in [0.2, 0.25) is 0 Å². The minimum Gasteiger partial charge on any atom is -0.378 e. The molecular weight excluding hydrogens is 264 g/mol. The van der Waals surface area contributed by atoms with Gasteiger partial charge in [-0.05, 0) is 58.5 Å². The summed E-state index contributed by atoms with van der Waals surface area (Å²) in [4.78, 5) is 2.75. The Morgan fingerprint density at radius 1 is 1.29 bits per heavy atom. The van der Waals surface area contributed by atoms with E-state index in [1.54, 1.807) is 0 Å². The van der Waals surface area contributed by atoms with Crippen LogP contribution in [0, 0.1) is 5.92 Å². The Kier molecular flexibility index (Phi) is 5.20. The number of rotatable bonds is 4. The second-order valence-corrected chi connectivity index (χ2v) is 7.48. The number of ether oxygens (including phenoxy) is 2. The van der Waals surface area contributed by atoms with Crippen LogP contribution in [-0.4, -0.2) is 62.0 Å². The van der Waals surface area contributed by atoms with Gasteiger partial charge in [-0.2, -0.15) is 0 Å². The van der Waals surface area contributed by atoms with Gasteiger partial charge in [-0.25, -0.2) is 0 Å². The number of hydrogen-bond donors (Lipinski definition) is 1. The van der Waals surface area contributed by atoms with Crippen molar-refractivity contribution in [2.24, 2.45) is 5.92 Å². The molecule has 122 valence electrons. The molecule has 3 rings (SSSR count). The second kappa shape index (κ2) is 6.95. The molecule has 0 bridgehead atoms. The first-order valence-electron chi connectivity index (χ1n) is 8.87. The Morgan fingerprint density at radius 2 is 2.19 bits per heavy atom. The van der Waals surface area contributed by atoms with E-state index in [0.29, 0.717) is 12.1 Å². The van der Waals surface area contributed by atoms with Gasteiger partial charge in [-0.15, -0.1) is 0 Å². The fourth-order valence-electron chi connectivity index (χ4n) is 4.31. The highest BCUT2D eigenvalue weighted by Crippen LogP contribution is 2.35. The van der Waals surface area contributed by atoms with Crippen LogP contribution in [0.1, 0.15) is 46.0 Å². The quantitative estimate of drug-likeness (QED) is 0.861. The first-order chi connectivity index (χ1) is 10.2.